The van der Waals surface area contributed by atoms with Crippen molar-refractivity contribution in [3.63, 3.8) is 0 Å². The van der Waals surface area contributed by atoms with E-state index in [0.717, 1.165) is 22.6 Å². The van der Waals surface area contributed by atoms with Crippen molar-refractivity contribution in [1.82, 2.24) is 0 Å². The number of hydrogen-bond acceptors (Lipinski definition) is 3. The molecule has 0 aliphatic rings. The van der Waals surface area contributed by atoms with E-state index in [4.69, 9.17) is 9.47 Å². The summed E-state index contributed by atoms with van der Waals surface area (Å²) in [6.45, 7) is 14.8. The third-order valence-corrected chi connectivity index (χ3v) is 7.24. The van der Waals surface area contributed by atoms with Gasteiger partial charge in [0.25, 0.3) is 0 Å². The highest BCUT2D eigenvalue weighted by Gasteiger charge is 2.26. The lowest BCUT2D eigenvalue weighted by Crippen LogP contribution is -2.35. The fourth-order valence-corrected chi connectivity index (χ4v) is 4.65. The smallest absolute Gasteiger partial charge is 0.245 e. The Bertz CT molecular complexity index is 1210. The number of phenols is 1. The lowest BCUT2D eigenvalue weighted by molar-refractivity contribution is -0.0809. The van der Waals surface area contributed by atoms with Gasteiger partial charge in [-0.1, -0.05) is 93.9 Å². The number of hydrogen-bond donors (Lipinski definition) is 1. The molecule has 1 N–H and O–H groups in total. The normalized spacial score (nSPS) is 12.3. The van der Waals surface area contributed by atoms with Gasteiger partial charge >= 0.3 is 0 Å². The van der Waals surface area contributed by atoms with Crippen molar-refractivity contribution in [2.24, 2.45) is 0 Å². The summed E-state index contributed by atoms with van der Waals surface area (Å²) in [5, 5.41) is 9.62. The molecular weight excluding hydrogens is 456 g/mol. The highest BCUT2D eigenvalue weighted by atomic mass is 16.7. The van der Waals surface area contributed by atoms with Crippen LogP contribution in [-0.2, 0) is 10.8 Å². The lowest BCUT2D eigenvalue weighted by Gasteiger charge is -2.30. The summed E-state index contributed by atoms with van der Waals surface area (Å²) in [7, 11) is 0. The van der Waals surface area contributed by atoms with Crippen molar-refractivity contribution in [1.29, 1.82) is 0 Å². The first-order valence-electron chi connectivity index (χ1n) is 12.8. The van der Waals surface area contributed by atoms with Crippen molar-refractivity contribution in [2.45, 2.75) is 65.1 Å². The van der Waals surface area contributed by atoms with E-state index in [-0.39, 0.29) is 16.6 Å². The number of ether oxygens (including phenoxy) is 2. The topological polar surface area (TPSA) is 38.7 Å². The first-order chi connectivity index (χ1) is 17.4. The van der Waals surface area contributed by atoms with Gasteiger partial charge in [-0.3, -0.25) is 0 Å². The van der Waals surface area contributed by atoms with Crippen LogP contribution < -0.4 is 9.47 Å². The van der Waals surface area contributed by atoms with Crippen LogP contribution in [0.4, 0.5) is 0 Å². The van der Waals surface area contributed by atoms with E-state index in [9.17, 15) is 5.11 Å². The summed E-state index contributed by atoms with van der Waals surface area (Å²) in [4.78, 5) is 0. The minimum Gasteiger partial charge on any atom is -0.508 e. The second-order valence-electron chi connectivity index (χ2n) is 11.3. The highest BCUT2D eigenvalue weighted by molar-refractivity contribution is 5.43. The molecule has 4 aromatic carbocycles. The molecule has 4 aromatic rings. The van der Waals surface area contributed by atoms with Gasteiger partial charge in [0, 0.05) is 24.7 Å². The summed E-state index contributed by atoms with van der Waals surface area (Å²) in [6, 6.07) is 32.5. The van der Waals surface area contributed by atoms with Crippen LogP contribution in [0.1, 0.15) is 69.4 Å². The summed E-state index contributed by atoms with van der Waals surface area (Å²) < 4.78 is 12.4. The summed E-state index contributed by atoms with van der Waals surface area (Å²) >= 11 is 0. The van der Waals surface area contributed by atoms with Gasteiger partial charge in [-0.2, -0.15) is 0 Å². The van der Waals surface area contributed by atoms with Crippen LogP contribution in [0.15, 0.2) is 97.1 Å². The molecule has 3 heteroatoms. The third-order valence-electron chi connectivity index (χ3n) is 7.24. The molecule has 37 heavy (non-hydrogen) atoms. The maximum atomic E-state index is 9.62. The molecule has 0 heterocycles. The van der Waals surface area contributed by atoms with Crippen LogP contribution >= 0.6 is 0 Å². The fourth-order valence-electron chi connectivity index (χ4n) is 4.65. The van der Waals surface area contributed by atoms with E-state index in [2.05, 4.69) is 83.1 Å². The summed E-state index contributed by atoms with van der Waals surface area (Å²) in [5.41, 5.74) is 5.77. The minimum atomic E-state index is -0.845. The average molecular weight is 495 g/mol. The Morgan fingerprint density at radius 2 is 0.757 bits per heavy atom. The highest BCUT2D eigenvalue weighted by Crippen LogP contribution is 2.35. The predicted molar refractivity (Wildman–Crippen MR) is 152 cm³/mol. The maximum Gasteiger partial charge on any atom is 0.245 e. The Morgan fingerprint density at radius 1 is 0.459 bits per heavy atom. The molecule has 0 aromatic heterocycles. The molecule has 3 nitrogen and oxygen atoms in total. The molecule has 192 valence electrons. The Kier molecular flexibility index (Phi) is 7.10. The molecule has 0 aliphatic heterocycles. The van der Waals surface area contributed by atoms with Gasteiger partial charge in [0.2, 0.25) is 5.79 Å². The Morgan fingerprint density at radius 3 is 1.11 bits per heavy atom. The Labute approximate surface area is 221 Å². The van der Waals surface area contributed by atoms with Crippen LogP contribution in [0, 0.1) is 6.92 Å². The molecule has 0 radical (unpaired) electrons. The zero-order chi connectivity index (χ0) is 26.8. The van der Waals surface area contributed by atoms with Crippen molar-refractivity contribution in [2.75, 3.05) is 0 Å². The average Bonchev–Trinajstić information content (AvgIpc) is 2.85. The van der Waals surface area contributed by atoms with E-state index in [1.807, 2.05) is 50.2 Å². The van der Waals surface area contributed by atoms with Gasteiger partial charge in [0.15, 0.2) is 0 Å². The zero-order valence-corrected chi connectivity index (χ0v) is 23.0. The number of aryl methyl sites for hydroxylation is 1. The minimum absolute atomic E-state index is 0.103. The second kappa shape index (κ2) is 9.97. The van der Waals surface area contributed by atoms with Gasteiger partial charge in [-0.05, 0) is 65.6 Å². The Balaban J connectivity index is 1.43. The molecule has 0 saturated carbocycles. The molecule has 0 aliphatic carbocycles. The fraction of sp³-hybridized carbons (Fsp3) is 0.294. The summed E-state index contributed by atoms with van der Waals surface area (Å²) in [5.74, 6) is 0.934. The van der Waals surface area contributed by atoms with E-state index in [1.54, 1.807) is 12.1 Å². The van der Waals surface area contributed by atoms with E-state index in [1.165, 1.54) is 16.7 Å². The van der Waals surface area contributed by atoms with Gasteiger partial charge in [0.1, 0.15) is 17.2 Å². The number of benzene rings is 4. The van der Waals surface area contributed by atoms with E-state index >= 15 is 0 Å². The van der Waals surface area contributed by atoms with E-state index in [0.29, 0.717) is 0 Å². The number of rotatable bonds is 8. The molecule has 0 spiro atoms. The van der Waals surface area contributed by atoms with Crippen LogP contribution in [0.2, 0.25) is 0 Å². The first kappa shape index (κ1) is 26.3. The van der Waals surface area contributed by atoms with Gasteiger partial charge < -0.3 is 14.6 Å². The molecule has 4 rings (SSSR count). The van der Waals surface area contributed by atoms with Crippen molar-refractivity contribution < 1.29 is 14.6 Å². The monoisotopic (exact) mass is 494 g/mol. The quantitative estimate of drug-likeness (QED) is 0.249. The van der Waals surface area contributed by atoms with Crippen LogP contribution in [-0.4, -0.2) is 10.9 Å². The van der Waals surface area contributed by atoms with Gasteiger partial charge in [0.05, 0.1) is 0 Å². The van der Waals surface area contributed by atoms with Crippen LogP contribution in [0.25, 0.3) is 0 Å². The van der Waals surface area contributed by atoms with Crippen LogP contribution in [0.3, 0.4) is 0 Å². The standard InChI is InChI=1S/C34H38O3/c1-24-8-10-25(11-9-24)32(2,3)27-14-20-30(21-15-27)36-34(6,7)37-31-22-16-28(17-23-31)33(4,5)26-12-18-29(35)19-13-26/h8-23,35H,1-7H3. The number of aromatic hydroxyl groups is 1. The van der Waals surface area contributed by atoms with Crippen molar-refractivity contribution in [3.8, 4) is 17.2 Å². The van der Waals surface area contributed by atoms with Crippen molar-refractivity contribution >= 4 is 0 Å². The molecular formula is C34H38O3. The SMILES string of the molecule is Cc1ccc(C(C)(C)c2ccc(OC(C)(C)Oc3ccc(C(C)(C)c4ccc(O)cc4)cc3)cc2)cc1. The number of phenolic OH excluding ortho intramolecular Hbond substituents is 1. The Hall–Kier alpha value is -3.72. The largest absolute Gasteiger partial charge is 0.508 e. The van der Waals surface area contributed by atoms with Gasteiger partial charge in [-0.15, -0.1) is 0 Å². The molecule has 0 atom stereocenters. The maximum absolute atomic E-state index is 9.62. The van der Waals surface area contributed by atoms with Crippen molar-refractivity contribution in [3.05, 3.63) is 125 Å². The summed E-state index contributed by atoms with van der Waals surface area (Å²) in [6.07, 6.45) is 0. The predicted octanol–water partition coefficient (Wildman–Crippen LogP) is 8.55. The second-order valence-corrected chi connectivity index (χ2v) is 11.3. The van der Waals surface area contributed by atoms with E-state index < -0.39 is 5.79 Å². The molecule has 0 amide bonds. The lowest BCUT2D eigenvalue weighted by atomic mass is 9.78. The third kappa shape index (κ3) is 5.99. The molecule has 0 unspecified atom stereocenters. The molecule has 0 fully saturated rings. The van der Waals surface area contributed by atoms with Crippen LogP contribution in [0.5, 0.6) is 17.2 Å². The first-order valence-corrected chi connectivity index (χ1v) is 12.8. The molecule has 0 saturated heterocycles. The zero-order valence-electron chi connectivity index (χ0n) is 23.0. The van der Waals surface area contributed by atoms with Gasteiger partial charge in [-0.25, -0.2) is 0 Å². The molecule has 0 bridgehead atoms.